The van der Waals surface area contributed by atoms with Gasteiger partial charge in [0, 0.05) is 17.3 Å². The van der Waals surface area contributed by atoms with Crippen molar-refractivity contribution < 1.29 is 0 Å². The Bertz CT molecular complexity index is 161. The van der Waals surface area contributed by atoms with Gasteiger partial charge in [-0.15, -0.1) is 0 Å². The van der Waals surface area contributed by atoms with Crippen molar-refractivity contribution in [3.8, 4) is 0 Å². The smallest absolute Gasteiger partial charge is 0.00805 e. The highest BCUT2D eigenvalue weighted by Crippen LogP contribution is 2.30. The molecule has 0 aromatic rings. The molecule has 0 bridgehead atoms. The van der Waals surface area contributed by atoms with Crippen LogP contribution in [0.25, 0.3) is 0 Å². The van der Waals surface area contributed by atoms with E-state index in [1.807, 2.05) is 0 Å². The van der Waals surface area contributed by atoms with Crippen molar-refractivity contribution in [1.29, 1.82) is 0 Å². The van der Waals surface area contributed by atoms with E-state index in [1.54, 1.807) is 0 Å². The van der Waals surface area contributed by atoms with Crippen molar-refractivity contribution in [1.82, 2.24) is 5.32 Å². The summed E-state index contributed by atoms with van der Waals surface area (Å²) in [5.41, 5.74) is 0. The van der Waals surface area contributed by atoms with Crippen LogP contribution in [0, 0.1) is 0 Å². The van der Waals surface area contributed by atoms with Crippen LogP contribution in [-0.4, -0.2) is 23.1 Å². The molecule has 2 heteroatoms. The van der Waals surface area contributed by atoms with Gasteiger partial charge in [-0.05, 0) is 37.9 Å². The second kappa shape index (κ2) is 7.56. The van der Waals surface area contributed by atoms with E-state index in [0.29, 0.717) is 0 Å². The molecule has 90 valence electrons. The van der Waals surface area contributed by atoms with E-state index in [9.17, 15) is 0 Å². The molecule has 15 heavy (non-hydrogen) atoms. The molecule has 1 fully saturated rings. The van der Waals surface area contributed by atoms with E-state index < -0.39 is 0 Å². The van der Waals surface area contributed by atoms with Gasteiger partial charge in [0.15, 0.2) is 0 Å². The SMILES string of the molecule is CCCC(CC)NC1CCC(SCC)C1. The molecule has 0 spiro atoms. The molecular formula is C13H27NS. The molecule has 0 aromatic heterocycles. The molecule has 0 aromatic carbocycles. The van der Waals surface area contributed by atoms with Gasteiger partial charge in [-0.25, -0.2) is 0 Å². The third-order valence-corrected chi connectivity index (χ3v) is 4.62. The average Bonchev–Trinajstić information content (AvgIpc) is 2.66. The number of nitrogens with one attached hydrogen (secondary N) is 1. The van der Waals surface area contributed by atoms with E-state index in [-0.39, 0.29) is 0 Å². The Morgan fingerprint density at radius 1 is 1.27 bits per heavy atom. The standard InChI is InChI=1S/C13H27NS/c1-4-7-11(5-2)14-12-8-9-13(10-12)15-6-3/h11-14H,4-10H2,1-3H3. The highest BCUT2D eigenvalue weighted by atomic mass is 32.2. The largest absolute Gasteiger partial charge is 0.311 e. The van der Waals surface area contributed by atoms with Crippen molar-refractivity contribution in [2.45, 2.75) is 76.6 Å². The van der Waals surface area contributed by atoms with Crippen molar-refractivity contribution in [2.75, 3.05) is 5.75 Å². The van der Waals surface area contributed by atoms with Crippen LogP contribution in [0.5, 0.6) is 0 Å². The first-order chi connectivity index (χ1) is 7.30. The highest BCUT2D eigenvalue weighted by Gasteiger charge is 2.25. The lowest BCUT2D eigenvalue weighted by atomic mass is 10.1. The molecule has 1 aliphatic rings. The summed E-state index contributed by atoms with van der Waals surface area (Å²) in [4.78, 5) is 0. The molecule has 1 saturated carbocycles. The Morgan fingerprint density at radius 3 is 2.67 bits per heavy atom. The second-order valence-corrected chi connectivity index (χ2v) is 6.23. The molecule has 0 heterocycles. The van der Waals surface area contributed by atoms with Gasteiger partial charge in [0.2, 0.25) is 0 Å². The zero-order valence-corrected chi connectivity index (χ0v) is 11.4. The van der Waals surface area contributed by atoms with Crippen LogP contribution in [0.3, 0.4) is 0 Å². The summed E-state index contributed by atoms with van der Waals surface area (Å²) in [5, 5.41) is 4.78. The third kappa shape index (κ3) is 4.78. The van der Waals surface area contributed by atoms with Crippen LogP contribution in [0.15, 0.2) is 0 Å². The Labute approximate surface area is 99.8 Å². The summed E-state index contributed by atoms with van der Waals surface area (Å²) in [7, 11) is 0. The van der Waals surface area contributed by atoms with Crippen molar-refractivity contribution in [2.24, 2.45) is 0 Å². The van der Waals surface area contributed by atoms with Gasteiger partial charge in [-0.2, -0.15) is 11.8 Å². The predicted molar refractivity (Wildman–Crippen MR) is 71.7 cm³/mol. The summed E-state index contributed by atoms with van der Waals surface area (Å²) < 4.78 is 0. The minimum Gasteiger partial charge on any atom is -0.311 e. The maximum absolute atomic E-state index is 3.84. The van der Waals surface area contributed by atoms with Crippen molar-refractivity contribution in [3.05, 3.63) is 0 Å². The van der Waals surface area contributed by atoms with Crippen LogP contribution >= 0.6 is 11.8 Å². The first-order valence-corrected chi connectivity index (χ1v) is 7.72. The Morgan fingerprint density at radius 2 is 2.07 bits per heavy atom. The molecule has 0 saturated heterocycles. The zero-order chi connectivity index (χ0) is 11.1. The monoisotopic (exact) mass is 229 g/mol. The fraction of sp³-hybridized carbons (Fsp3) is 1.00. The van der Waals surface area contributed by atoms with Gasteiger partial charge in [0.1, 0.15) is 0 Å². The Kier molecular flexibility index (Phi) is 6.74. The minimum absolute atomic E-state index is 0.769. The van der Waals surface area contributed by atoms with Crippen LogP contribution in [-0.2, 0) is 0 Å². The van der Waals surface area contributed by atoms with Gasteiger partial charge in [-0.3, -0.25) is 0 Å². The lowest BCUT2D eigenvalue weighted by Gasteiger charge is -2.21. The topological polar surface area (TPSA) is 12.0 Å². The molecule has 0 aliphatic heterocycles. The molecule has 1 N–H and O–H groups in total. The molecule has 3 unspecified atom stereocenters. The summed E-state index contributed by atoms with van der Waals surface area (Å²) in [5.74, 6) is 1.28. The fourth-order valence-electron chi connectivity index (χ4n) is 2.57. The van der Waals surface area contributed by atoms with E-state index in [1.165, 1.54) is 44.3 Å². The zero-order valence-electron chi connectivity index (χ0n) is 10.6. The van der Waals surface area contributed by atoms with Crippen molar-refractivity contribution >= 4 is 11.8 Å². The van der Waals surface area contributed by atoms with E-state index in [0.717, 1.165) is 17.3 Å². The van der Waals surface area contributed by atoms with Crippen molar-refractivity contribution in [3.63, 3.8) is 0 Å². The Balaban J connectivity index is 2.21. The maximum atomic E-state index is 3.84. The first kappa shape index (κ1) is 13.4. The summed E-state index contributed by atoms with van der Waals surface area (Å²) in [6, 6.07) is 1.58. The van der Waals surface area contributed by atoms with E-state index in [2.05, 4.69) is 37.8 Å². The summed E-state index contributed by atoms with van der Waals surface area (Å²) in [6.45, 7) is 6.87. The molecule has 1 nitrogen and oxygen atoms in total. The van der Waals surface area contributed by atoms with Gasteiger partial charge in [0.25, 0.3) is 0 Å². The van der Waals surface area contributed by atoms with Crippen LogP contribution in [0.1, 0.15) is 59.3 Å². The van der Waals surface area contributed by atoms with Crippen LogP contribution in [0.4, 0.5) is 0 Å². The van der Waals surface area contributed by atoms with Gasteiger partial charge >= 0.3 is 0 Å². The molecular weight excluding hydrogens is 202 g/mol. The molecule has 1 aliphatic carbocycles. The minimum atomic E-state index is 0.769. The first-order valence-electron chi connectivity index (χ1n) is 6.67. The highest BCUT2D eigenvalue weighted by molar-refractivity contribution is 7.99. The third-order valence-electron chi connectivity index (χ3n) is 3.39. The van der Waals surface area contributed by atoms with Gasteiger partial charge in [0.05, 0.1) is 0 Å². The van der Waals surface area contributed by atoms with Gasteiger partial charge in [-0.1, -0.05) is 27.2 Å². The van der Waals surface area contributed by atoms with E-state index in [4.69, 9.17) is 0 Å². The number of thioether (sulfide) groups is 1. The van der Waals surface area contributed by atoms with Gasteiger partial charge < -0.3 is 5.32 Å². The lowest BCUT2D eigenvalue weighted by Crippen LogP contribution is -2.36. The number of rotatable bonds is 7. The quantitative estimate of drug-likeness (QED) is 0.712. The predicted octanol–water partition coefficient (Wildman–Crippen LogP) is 3.83. The average molecular weight is 229 g/mol. The second-order valence-electron chi connectivity index (χ2n) is 4.65. The van der Waals surface area contributed by atoms with Crippen LogP contribution < -0.4 is 5.32 Å². The van der Waals surface area contributed by atoms with Crippen LogP contribution in [0.2, 0.25) is 0 Å². The number of hydrogen-bond donors (Lipinski definition) is 1. The fourth-order valence-corrected chi connectivity index (χ4v) is 3.71. The number of hydrogen-bond acceptors (Lipinski definition) is 2. The summed E-state index contributed by atoms with van der Waals surface area (Å²) >= 11 is 2.15. The molecule has 0 radical (unpaired) electrons. The molecule has 3 atom stereocenters. The maximum Gasteiger partial charge on any atom is 0.00805 e. The van der Waals surface area contributed by atoms with E-state index >= 15 is 0 Å². The summed E-state index contributed by atoms with van der Waals surface area (Å²) in [6.07, 6.45) is 8.18. The molecule has 0 amide bonds. The normalized spacial score (nSPS) is 28.2. The Hall–Kier alpha value is 0.310. The lowest BCUT2D eigenvalue weighted by molar-refractivity contribution is 0.399. The molecule has 1 rings (SSSR count).